The minimum Gasteiger partial charge on any atom is -0.496 e. The molecule has 0 bridgehead atoms. The Morgan fingerprint density at radius 1 is 1.17 bits per heavy atom. The number of fused-ring (bicyclic) bond motifs is 1. The maximum absolute atomic E-state index is 13.7. The van der Waals surface area contributed by atoms with Crippen LogP contribution in [0, 0.1) is 5.92 Å². The Labute approximate surface area is 206 Å². The van der Waals surface area contributed by atoms with E-state index >= 15 is 0 Å². The zero-order valence-electron chi connectivity index (χ0n) is 20.0. The summed E-state index contributed by atoms with van der Waals surface area (Å²) in [6.45, 7) is 5.27. The van der Waals surface area contributed by atoms with E-state index in [1.165, 1.54) is 18.2 Å². The van der Waals surface area contributed by atoms with E-state index < -0.39 is 29.1 Å². The van der Waals surface area contributed by atoms with E-state index in [1.807, 2.05) is 0 Å². The van der Waals surface area contributed by atoms with Gasteiger partial charge < -0.3 is 25.4 Å². The Balaban J connectivity index is 1.77. The summed E-state index contributed by atoms with van der Waals surface area (Å²) in [6, 6.07) is 2.29. The molecule has 1 fully saturated rings. The van der Waals surface area contributed by atoms with Crippen LogP contribution in [0.15, 0.2) is 24.8 Å². The zero-order chi connectivity index (χ0) is 26.2. The number of hydrogen-bond donors (Lipinski definition) is 2. The van der Waals surface area contributed by atoms with Crippen LogP contribution in [-0.4, -0.2) is 60.3 Å². The van der Waals surface area contributed by atoms with Crippen LogP contribution in [-0.2, 0) is 11.0 Å². The zero-order valence-corrected chi connectivity index (χ0v) is 20.0. The van der Waals surface area contributed by atoms with Gasteiger partial charge >= 0.3 is 6.18 Å². The molecule has 3 N–H and O–H groups in total. The first kappa shape index (κ1) is 25.4. The first-order valence-corrected chi connectivity index (χ1v) is 11.5. The van der Waals surface area contributed by atoms with E-state index in [9.17, 15) is 22.8 Å². The molecule has 194 valence electrons. The second-order valence-corrected chi connectivity index (χ2v) is 8.78. The SMILES string of the molecule is C=CC(=O)N1CCC(C2CCNc3c(C(N)=O)c(-c4cc(OC)c(C(F)(F)F)c(OC)c4)nn32)CC1. The molecule has 0 aliphatic carbocycles. The van der Waals surface area contributed by atoms with Gasteiger partial charge in [-0.2, -0.15) is 18.3 Å². The number of nitrogens with one attached hydrogen (secondary N) is 1. The lowest BCUT2D eigenvalue weighted by Gasteiger charge is -2.38. The van der Waals surface area contributed by atoms with Gasteiger partial charge in [-0.15, -0.1) is 0 Å². The van der Waals surface area contributed by atoms with Crippen LogP contribution in [0.1, 0.15) is 41.2 Å². The Morgan fingerprint density at radius 2 is 1.78 bits per heavy atom. The van der Waals surface area contributed by atoms with Crippen molar-refractivity contribution in [1.82, 2.24) is 14.7 Å². The number of benzene rings is 1. The molecule has 0 spiro atoms. The lowest BCUT2D eigenvalue weighted by molar-refractivity contribution is -0.140. The molecule has 1 aromatic carbocycles. The van der Waals surface area contributed by atoms with E-state index in [1.54, 1.807) is 9.58 Å². The second kappa shape index (κ2) is 9.75. The molecule has 2 aliphatic heterocycles. The number of aromatic nitrogens is 2. The maximum Gasteiger partial charge on any atom is 0.423 e. The van der Waals surface area contributed by atoms with Crippen LogP contribution >= 0.6 is 0 Å². The first-order chi connectivity index (χ1) is 17.1. The molecular formula is C24H28F3N5O4. The summed E-state index contributed by atoms with van der Waals surface area (Å²) < 4.78 is 52.8. The van der Waals surface area contributed by atoms with E-state index in [4.69, 9.17) is 15.2 Å². The van der Waals surface area contributed by atoms with Gasteiger partial charge in [0.05, 0.1) is 20.3 Å². The summed E-state index contributed by atoms with van der Waals surface area (Å²) in [7, 11) is 2.25. The predicted molar refractivity (Wildman–Crippen MR) is 126 cm³/mol. The third-order valence-corrected chi connectivity index (χ3v) is 6.84. The molecule has 4 rings (SSSR count). The van der Waals surface area contributed by atoms with E-state index in [2.05, 4.69) is 17.0 Å². The summed E-state index contributed by atoms with van der Waals surface area (Å²) in [4.78, 5) is 26.2. The summed E-state index contributed by atoms with van der Waals surface area (Å²) in [5.74, 6) is -1.17. The number of amides is 2. The molecule has 2 amide bonds. The topological polar surface area (TPSA) is 112 Å². The highest BCUT2D eigenvalue weighted by molar-refractivity contribution is 6.04. The second-order valence-electron chi connectivity index (χ2n) is 8.78. The van der Waals surface area contributed by atoms with Crippen molar-refractivity contribution in [2.45, 2.75) is 31.5 Å². The number of ether oxygens (including phenoxy) is 2. The van der Waals surface area contributed by atoms with E-state index in [-0.39, 0.29) is 34.7 Å². The Kier molecular flexibility index (Phi) is 6.87. The number of nitrogens with two attached hydrogens (primary N) is 1. The standard InChI is InChI=1S/C24H28F3N5O4/c1-4-18(33)31-9-6-13(7-10-31)15-5-8-29-23-19(22(28)34)21(30-32(15)23)14-11-16(35-2)20(24(25,26)27)17(12-14)36-3/h4,11-13,15,29H,1,5-10H2,2-3H3,(H2,28,34). The van der Waals surface area contributed by atoms with Crippen molar-refractivity contribution in [2.75, 3.05) is 39.2 Å². The molecule has 2 aliphatic rings. The van der Waals surface area contributed by atoms with Gasteiger partial charge in [0.2, 0.25) is 5.91 Å². The summed E-state index contributed by atoms with van der Waals surface area (Å²) >= 11 is 0. The average Bonchev–Trinajstić information content (AvgIpc) is 3.27. The van der Waals surface area contributed by atoms with Crippen molar-refractivity contribution >= 4 is 17.6 Å². The fraction of sp³-hybridized carbons (Fsp3) is 0.458. The van der Waals surface area contributed by atoms with E-state index in [0.717, 1.165) is 33.5 Å². The number of anilines is 1. The number of alkyl halides is 3. The molecule has 0 saturated carbocycles. The summed E-state index contributed by atoms with van der Waals surface area (Å²) in [6.07, 6.45) is -1.20. The quantitative estimate of drug-likeness (QED) is 0.580. The number of carbonyl (C=O) groups is 2. The van der Waals surface area contributed by atoms with Crippen LogP contribution in [0.25, 0.3) is 11.3 Å². The van der Waals surface area contributed by atoms with Gasteiger partial charge in [-0.3, -0.25) is 9.59 Å². The molecular weight excluding hydrogens is 479 g/mol. The van der Waals surface area contributed by atoms with Crippen molar-refractivity contribution in [1.29, 1.82) is 0 Å². The minimum atomic E-state index is -4.72. The number of carbonyl (C=O) groups excluding carboxylic acids is 2. The van der Waals surface area contributed by atoms with Crippen LogP contribution in [0.5, 0.6) is 11.5 Å². The van der Waals surface area contributed by atoms with Crippen LogP contribution in [0.4, 0.5) is 19.0 Å². The Morgan fingerprint density at radius 3 is 2.28 bits per heavy atom. The van der Waals surface area contributed by atoms with Gasteiger partial charge in [0.15, 0.2) is 0 Å². The normalized spacial score (nSPS) is 18.2. The molecule has 1 saturated heterocycles. The van der Waals surface area contributed by atoms with Crippen molar-refractivity contribution < 1.29 is 32.2 Å². The highest BCUT2D eigenvalue weighted by Crippen LogP contribution is 2.46. The van der Waals surface area contributed by atoms with Crippen LogP contribution in [0.2, 0.25) is 0 Å². The molecule has 0 radical (unpaired) electrons. The smallest absolute Gasteiger partial charge is 0.423 e. The molecule has 9 nitrogen and oxygen atoms in total. The minimum absolute atomic E-state index is 0.0766. The van der Waals surface area contributed by atoms with Gasteiger partial charge in [-0.05, 0) is 43.4 Å². The summed E-state index contributed by atoms with van der Waals surface area (Å²) in [5, 5.41) is 7.86. The maximum atomic E-state index is 13.7. The molecule has 12 heteroatoms. The van der Waals surface area contributed by atoms with Gasteiger partial charge in [0.1, 0.15) is 34.1 Å². The lowest BCUT2D eigenvalue weighted by Crippen LogP contribution is -2.41. The molecule has 1 atom stereocenters. The number of primary amides is 1. The fourth-order valence-corrected chi connectivity index (χ4v) is 5.14. The van der Waals surface area contributed by atoms with Gasteiger partial charge in [-0.25, -0.2) is 4.68 Å². The predicted octanol–water partition coefficient (Wildman–Crippen LogP) is 3.47. The number of likely N-dealkylation sites (tertiary alicyclic amines) is 1. The number of piperidine rings is 1. The fourth-order valence-electron chi connectivity index (χ4n) is 5.14. The monoisotopic (exact) mass is 507 g/mol. The number of methoxy groups -OCH3 is 2. The average molecular weight is 508 g/mol. The molecule has 3 heterocycles. The Bertz CT molecular complexity index is 1160. The molecule has 36 heavy (non-hydrogen) atoms. The number of rotatable bonds is 6. The molecule has 1 unspecified atom stereocenters. The van der Waals surface area contributed by atoms with E-state index in [0.29, 0.717) is 25.5 Å². The number of halogens is 3. The van der Waals surface area contributed by atoms with Crippen molar-refractivity contribution in [3.63, 3.8) is 0 Å². The van der Waals surface area contributed by atoms with Gasteiger partial charge in [-0.1, -0.05) is 6.58 Å². The van der Waals surface area contributed by atoms with Crippen LogP contribution < -0.4 is 20.5 Å². The van der Waals surface area contributed by atoms with Gasteiger partial charge in [0.25, 0.3) is 5.91 Å². The largest absolute Gasteiger partial charge is 0.496 e. The molecule has 2 aromatic rings. The third-order valence-electron chi connectivity index (χ3n) is 6.84. The highest BCUT2D eigenvalue weighted by atomic mass is 19.4. The van der Waals surface area contributed by atoms with Gasteiger partial charge in [0, 0.05) is 25.2 Å². The third kappa shape index (κ3) is 4.47. The lowest BCUT2D eigenvalue weighted by atomic mass is 9.87. The summed E-state index contributed by atoms with van der Waals surface area (Å²) in [5.41, 5.74) is 5.10. The number of hydrogen-bond acceptors (Lipinski definition) is 6. The van der Waals surface area contributed by atoms with Crippen LogP contribution in [0.3, 0.4) is 0 Å². The molecule has 1 aromatic heterocycles. The van der Waals surface area contributed by atoms with Crippen molar-refractivity contribution in [3.05, 3.63) is 35.9 Å². The Hall–Kier alpha value is -3.70. The van der Waals surface area contributed by atoms with Crippen molar-refractivity contribution in [3.8, 4) is 22.8 Å². The first-order valence-electron chi connectivity index (χ1n) is 11.5. The van der Waals surface area contributed by atoms with Crippen molar-refractivity contribution in [2.24, 2.45) is 11.7 Å². The highest BCUT2D eigenvalue weighted by Gasteiger charge is 2.40. The number of nitrogens with zero attached hydrogens (tertiary/aromatic N) is 3.